The van der Waals surface area contributed by atoms with Gasteiger partial charge in [0.25, 0.3) is 0 Å². The lowest BCUT2D eigenvalue weighted by molar-refractivity contribution is 0.0970. The molecule has 0 unspecified atom stereocenters. The summed E-state index contributed by atoms with van der Waals surface area (Å²) >= 11 is 0. The quantitative estimate of drug-likeness (QED) is 0.661. The number of aromatic nitrogens is 3. The van der Waals surface area contributed by atoms with E-state index in [9.17, 15) is 9.59 Å². The van der Waals surface area contributed by atoms with Gasteiger partial charge in [-0.1, -0.05) is 0 Å². The maximum absolute atomic E-state index is 12.1. The first-order valence-corrected chi connectivity index (χ1v) is 5.74. The molecular formula is C13H11N3O3. The first-order chi connectivity index (χ1) is 9.15. The molecule has 6 nitrogen and oxygen atoms in total. The van der Waals surface area contributed by atoms with Crippen molar-refractivity contribution in [3.8, 4) is 0 Å². The molecule has 0 radical (unpaired) electrons. The highest BCUT2D eigenvalue weighted by molar-refractivity contribution is 5.96. The summed E-state index contributed by atoms with van der Waals surface area (Å²) in [6, 6.07) is 5.03. The number of hydrogen-bond donors (Lipinski definition) is 0. The highest BCUT2D eigenvalue weighted by Crippen LogP contribution is 2.10. The van der Waals surface area contributed by atoms with Gasteiger partial charge in [-0.25, -0.2) is 9.78 Å². The van der Waals surface area contributed by atoms with Gasteiger partial charge < -0.3 is 8.98 Å². The van der Waals surface area contributed by atoms with Crippen molar-refractivity contribution in [2.75, 3.05) is 0 Å². The Morgan fingerprint density at radius 1 is 1.42 bits per heavy atom. The third-order valence-corrected chi connectivity index (χ3v) is 2.88. The second-order valence-electron chi connectivity index (χ2n) is 4.27. The van der Waals surface area contributed by atoms with Crippen LogP contribution in [0.3, 0.4) is 0 Å². The number of carbonyl (C=O) groups is 1. The van der Waals surface area contributed by atoms with Gasteiger partial charge in [0.2, 0.25) is 0 Å². The monoisotopic (exact) mass is 257 g/mol. The molecule has 0 fully saturated rings. The zero-order chi connectivity index (χ0) is 13.4. The molecule has 0 bridgehead atoms. The summed E-state index contributed by atoms with van der Waals surface area (Å²) in [5.41, 5.74) is 1.32. The summed E-state index contributed by atoms with van der Waals surface area (Å²) in [6.45, 7) is -0.0765. The number of Topliss-reactive ketones (excluding diaryl/α,β-unsaturated/α-hetero) is 1. The first kappa shape index (κ1) is 11.5. The van der Waals surface area contributed by atoms with Gasteiger partial charge in [0, 0.05) is 31.2 Å². The minimum absolute atomic E-state index is 0.0765. The van der Waals surface area contributed by atoms with Crippen LogP contribution in [0.4, 0.5) is 0 Å². The fourth-order valence-electron chi connectivity index (χ4n) is 1.94. The van der Waals surface area contributed by atoms with Crippen molar-refractivity contribution in [1.29, 1.82) is 0 Å². The lowest BCUT2D eigenvalue weighted by atomic mass is 10.2. The lowest BCUT2D eigenvalue weighted by Crippen LogP contribution is -2.20. The Balaban J connectivity index is 2.00. The Bertz CT molecular complexity index is 810. The van der Waals surface area contributed by atoms with Gasteiger partial charge in [-0.05, 0) is 18.2 Å². The van der Waals surface area contributed by atoms with E-state index in [0.717, 1.165) is 0 Å². The minimum atomic E-state index is -0.571. The van der Waals surface area contributed by atoms with Gasteiger partial charge in [-0.15, -0.1) is 0 Å². The van der Waals surface area contributed by atoms with Crippen LogP contribution in [-0.4, -0.2) is 19.9 Å². The second-order valence-corrected chi connectivity index (χ2v) is 4.27. The van der Waals surface area contributed by atoms with Crippen LogP contribution in [0, 0.1) is 0 Å². The van der Waals surface area contributed by atoms with Crippen molar-refractivity contribution in [3.63, 3.8) is 0 Å². The van der Waals surface area contributed by atoms with E-state index in [4.69, 9.17) is 4.42 Å². The summed E-state index contributed by atoms with van der Waals surface area (Å²) in [7, 11) is 1.83. The summed E-state index contributed by atoms with van der Waals surface area (Å²) in [6.07, 6.45) is 5.05. The molecule has 0 aliphatic carbocycles. The van der Waals surface area contributed by atoms with Gasteiger partial charge in [0.05, 0.1) is 6.54 Å². The number of fused-ring (bicyclic) bond motifs is 1. The van der Waals surface area contributed by atoms with Gasteiger partial charge in [0.1, 0.15) is 0 Å². The van der Waals surface area contributed by atoms with Crippen LogP contribution in [-0.2, 0) is 13.6 Å². The third kappa shape index (κ3) is 1.97. The molecular weight excluding hydrogens is 246 g/mol. The van der Waals surface area contributed by atoms with E-state index < -0.39 is 5.76 Å². The predicted octanol–water partition coefficient (Wildman–Crippen LogP) is 1.21. The highest BCUT2D eigenvalue weighted by Gasteiger charge is 2.15. The van der Waals surface area contributed by atoms with E-state index in [1.54, 1.807) is 41.4 Å². The van der Waals surface area contributed by atoms with E-state index in [2.05, 4.69) is 4.98 Å². The molecule has 6 heteroatoms. The third-order valence-electron chi connectivity index (χ3n) is 2.88. The van der Waals surface area contributed by atoms with Gasteiger partial charge >= 0.3 is 5.76 Å². The van der Waals surface area contributed by atoms with Crippen molar-refractivity contribution >= 4 is 17.0 Å². The van der Waals surface area contributed by atoms with E-state index in [1.165, 1.54) is 4.57 Å². The van der Waals surface area contributed by atoms with E-state index in [0.29, 0.717) is 16.8 Å². The van der Waals surface area contributed by atoms with Crippen LogP contribution < -0.4 is 5.76 Å². The highest BCUT2D eigenvalue weighted by atomic mass is 16.4. The average Bonchev–Trinajstić information content (AvgIpc) is 2.95. The molecule has 0 spiro atoms. The summed E-state index contributed by atoms with van der Waals surface area (Å²) in [5, 5.41) is 0. The zero-order valence-electron chi connectivity index (χ0n) is 10.2. The van der Waals surface area contributed by atoms with Gasteiger partial charge in [-0.3, -0.25) is 9.36 Å². The van der Waals surface area contributed by atoms with Crippen LogP contribution in [0.2, 0.25) is 0 Å². The molecule has 96 valence electrons. The number of carbonyl (C=O) groups excluding carboxylic acids is 1. The Morgan fingerprint density at radius 2 is 2.26 bits per heavy atom. The zero-order valence-corrected chi connectivity index (χ0v) is 10.2. The smallest absolute Gasteiger partial charge is 0.406 e. The maximum Gasteiger partial charge on any atom is 0.421 e. The van der Waals surface area contributed by atoms with E-state index in [-0.39, 0.29) is 12.3 Å². The molecule has 3 aromatic heterocycles. The summed E-state index contributed by atoms with van der Waals surface area (Å²) in [4.78, 5) is 27.9. The maximum atomic E-state index is 12.1. The van der Waals surface area contributed by atoms with Gasteiger partial charge in [0.15, 0.2) is 17.0 Å². The molecule has 19 heavy (non-hydrogen) atoms. The van der Waals surface area contributed by atoms with Crippen molar-refractivity contribution in [2.45, 2.75) is 6.54 Å². The number of aryl methyl sites for hydroxylation is 1. The SMILES string of the molecule is Cn1ccc(C(=O)Cn2c(=O)oc3cccnc32)c1. The predicted molar refractivity (Wildman–Crippen MR) is 68.0 cm³/mol. The molecule has 3 rings (SSSR count). The molecule has 0 saturated heterocycles. The number of rotatable bonds is 3. The number of hydrogen-bond acceptors (Lipinski definition) is 4. The first-order valence-electron chi connectivity index (χ1n) is 5.74. The molecule has 0 aliphatic rings. The van der Waals surface area contributed by atoms with Crippen molar-refractivity contribution in [1.82, 2.24) is 14.1 Å². The number of oxazole rings is 1. The van der Waals surface area contributed by atoms with Crippen molar-refractivity contribution in [3.05, 3.63) is 52.9 Å². The standard InChI is InChI=1S/C13H11N3O3/c1-15-6-4-9(7-15)10(17)8-16-12-11(19-13(16)18)3-2-5-14-12/h2-7H,8H2,1H3. The Labute approximate surface area is 107 Å². The number of pyridine rings is 1. The molecule has 3 aromatic rings. The van der Waals surface area contributed by atoms with Crippen LogP contribution in [0.25, 0.3) is 11.2 Å². The average molecular weight is 257 g/mol. The molecule has 0 aliphatic heterocycles. The fourth-order valence-corrected chi connectivity index (χ4v) is 1.94. The molecule has 0 atom stereocenters. The largest absolute Gasteiger partial charge is 0.421 e. The lowest BCUT2D eigenvalue weighted by Gasteiger charge is -1.99. The topological polar surface area (TPSA) is 70.0 Å². The molecule has 0 aromatic carbocycles. The summed E-state index contributed by atoms with van der Waals surface area (Å²) in [5.74, 6) is -0.728. The Kier molecular flexibility index (Phi) is 2.56. The van der Waals surface area contributed by atoms with E-state index in [1.807, 2.05) is 7.05 Å². The van der Waals surface area contributed by atoms with Crippen LogP contribution in [0.15, 0.2) is 46.0 Å². The molecule has 3 heterocycles. The molecule has 0 saturated carbocycles. The van der Waals surface area contributed by atoms with Gasteiger partial charge in [-0.2, -0.15) is 0 Å². The Morgan fingerprint density at radius 3 is 3.00 bits per heavy atom. The van der Waals surface area contributed by atoms with E-state index >= 15 is 0 Å². The minimum Gasteiger partial charge on any atom is -0.406 e. The fraction of sp³-hybridized carbons (Fsp3) is 0.154. The van der Waals surface area contributed by atoms with Crippen molar-refractivity contribution in [2.24, 2.45) is 7.05 Å². The van der Waals surface area contributed by atoms with Crippen molar-refractivity contribution < 1.29 is 9.21 Å². The second kappa shape index (κ2) is 4.24. The normalized spacial score (nSPS) is 11.0. The molecule has 0 amide bonds. The number of ketones is 1. The molecule has 0 N–H and O–H groups in total. The van der Waals surface area contributed by atoms with Crippen LogP contribution in [0.5, 0.6) is 0 Å². The Hall–Kier alpha value is -2.63. The van der Waals surface area contributed by atoms with Crippen LogP contribution >= 0.6 is 0 Å². The van der Waals surface area contributed by atoms with Crippen LogP contribution in [0.1, 0.15) is 10.4 Å². The summed E-state index contributed by atoms with van der Waals surface area (Å²) < 4.78 is 8.05. The number of nitrogens with zero attached hydrogens (tertiary/aromatic N) is 3.